The van der Waals surface area contributed by atoms with E-state index < -0.39 is 17.7 Å². The molecule has 21 heavy (non-hydrogen) atoms. The van der Waals surface area contributed by atoms with Crippen LogP contribution >= 0.6 is 0 Å². The first kappa shape index (κ1) is 13.6. The molecule has 1 aromatic heterocycles. The fourth-order valence-corrected chi connectivity index (χ4v) is 2.42. The number of nitrogens with zero attached hydrogens (tertiary/aromatic N) is 1. The van der Waals surface area contributed by atoms with Gasteiger partial charge in [0.05, 0.1) is 11.6 Å². The van der Waals surface area contributed by atoms with Gasteiger partial charge in [0.25, 0.3) is 0 Å². The topological polar surface area (TPSA) is 50.9 Å². The smallest absolute Gasteiger partial charge is 0.159 e. The number of para-hydroxylation sites is 1. The van der Waals surface area contributed by atoms with E-state index in [2.05, 4.69) is 10.4 Å². The van der Waals surface area contributed by atoms with E-state index in [0.717, 1.165) is 28.6 Å². The van der Waals surface area contributed by atoms with Crippen molar-refractivity contribution in [2.24, 2.45) is 5.84 Å². The molecule has 1 unspecified atom stereocenters. The summed E-state index contributed by atoms with van der Waals surface area (Å²) in [5, 5.41) is 0.956. The number of hydrogen-bond donors (Lipinski definition) is 2. The number of aromatic nitrogens is 1. The Balaban J connectivity index is 2.16. The van der Waals surface area contributed by atoms with E-state index in [4.69, 9.17) is 5.84 Å². The van der Waals surface area contributed by atoms with Crippen molar-refractivity contribution in [2.45, 2.75) is 6.04 Å². The lowest BCUT2D eigenvalue weighted by molar-refractivity contribution is 0.504. The molecule has 0 aliphatic heterocycles. The minimum absolute atomic E-state index is 0.473. The maximum Gasteiger partial charge on any atom is 0.159 e. The highest BCUT2D eigenvalue weighted by molar-refractivity contribution is 5.82. The number of halogens is 2. The first-order valence-corrected chi connectivity index (χ1v) is 6.45. The van der Waals surface area contributed by atoms with Crippen molar-refractivity contribution in [1.29, 1.82) is 0 Å². The second-order valence-corrected chi connectivity index (χ2v) is 4.70. The molecule has 0 spiro atoms. The van der Waals surface area contributed by atoms with Gasteiger partial charge < -0.3 is 0 Å². The number of pyridine rings is 1. The Kier molecular flexibility index (Phi) is 3.60. The zero-order valence-corrected chi connectivity index (χ0v) is 11.1. The molecule has 0 saturated carbocycles. The molecule has 0 amide bonds. The highest BCUT2D eigenvalue weighted by Gasteiger charge is 2.17. The van der Waals surface area contributed by atoms with E-state index in [9.17, 15) is 8.78 Å². The zero-order chi connectivity index (χ0) is 14.8. The first-order valence-electron chi connectivity index (χ1n) is 6.45. The lowest BCUT2D eigenvalue weighted by atomic mass is 9.96. The number of nitrogens with two attached hydrogens (primary N) is 1. The Labute approximate surface area is 120 Å². The third kappa shape index (κ3) is 2.49. The van der Waals surface area contributed by atoms with Crippen LogP contribution in [0.25, 0.3) is 10.9 Å². The van der Waals surface area contributed by atoms with Crippen LogP contribution in [-0.2, 0) is 0 Å². The molecule has 3 aromatic rings. The van der Waals surface area contributed by atoms with Crippen LogP contribution in [0, 0.1) is 11.6 Å². The largest absolute Gasteiger partial charge is 0.271 e. The van der Waals surface area contributed by atoms with Crippen LogP contribution in [0.3, 0.4) is 0 Å². The number of hydrogen-bond acceptors (Lipinski definition) is 3. The normalized spacial score (nSPS) is 12.5. The molecule has 2 aromatic carbocycles. The van der Waals surface area contributed by atoms with Gasteiger partial charge in [0.1, 0.15) is 0 Å². The highest BCUT2D eigenvalue weighted by Crippen LogP contribution is 2.27. The van der Waals surface area contributed by atoms with E-state index >= 15 is 0 Å². The molecule has 0 aliphatic rings. The highest BCUT2D eigenvalue weighted by atomic mass is 19.2. The van der Waals surface area contributed by atoms with Gasteiger partial charge >= 0.3 is 0 Å². The summed E-state index contributed by atoms with van der Waals surface area (Å²) in [4.78, 5) is 4.35. The Bertz CT molecular complexity index is 784. The summed E-state index contributed by atoms with van der Waals surface area (Å²) in [7, 11) is 0. The summed E-state index contributed by atoms with van der Waals surface area (Å²) in [5.74, 6) is 3.84. The fourth-order valence-electron chi connectivity index (χ4n) is 2.42. The number of hydrazine groups is 1. The molecular weight excluding hydrogens is 272 g/mol. The van der Waals surface area contributed by atoms with E-state index in [0.29, 0.717) is 5.56 Å². The van der Waals surface area contributed by atoms with Crippen LogP contribution in [0.1, 0.15) is 17.2 Å². The predicted octanol–water partition coefficient (Wildman–Crippen LogP) is 3.07. The lowest BCUT2D eigenvalue weighted by Gasteiger charge is -2.18. The molecule has 0 aliphatic carbocycles. The fraction of sp³-hybridized carbons (Fsp3) is 0.0625. The van der Waals surface area contributed by atoms with Gasteiger partial charge in [-0.25, -0.2) is 14.2 Å². The van der Waals surface area contributed by atoms with Crippen molar-refractivity contribution >= 4 is 10.9 Å². The molecule has 3 N–H and O–H groups in total. The molecular formula is C16H13F2N3. The molecule has 1 heterocycles. The molecule has 1 atom stereocenters. The average molecular weight is 285 g/mol. The number of rotatable bonds is 3. The Morgan fingerprint density at radius 2 is 1.81 bits per heavy atom. The van der Waals surface area contributed by atoms with Gasteiger partial charge in [-0.1, -0.05) is 30.3 Å². The molecule has 106 valence electrons. The van der Waals surface area contributed by atoms with E-state index in [1.807, 2.05) is 30.3 Å². The number of fused-ring (bicyclic) bond motifs is 1. The maximum absolute atomic E-state index is 13.4. The van der Waals surface area contributed by atoms with Crippen LogP contribution in [-0.4, -0.2) is 4.98 Å². The van der Waals surface area contributed by atoms with Crippen LogP contribution < -0.4 is 11.3 Å². The zero-order valence-electron chi connectivity index (χ0n) is 11.1. The molecule has 3 nitrogen and oxygen atoms in total. The van der Waals surface area contributed by atoms with Crippen LogP contribution in [0.4, 0.5) is 8.78 Å². The summed E-state index contributed by atoms with van der Waals surface area (Å²) in [6, 6.07) is 12.7. The van der Waals surface area contributed by atoms with Crippen LogP contribution in [0.5, 0.6) is 0 Å². The second-order valence-electron chi connectivity index (χ2n) is 4.70. The summed E-state index contributed by atoms with van der Waals surface area (Å²) >= 11 is 0. The van der Waals surface area contributed by atoms with Gasteiger partial charge in [0.2, 0.25) is 0 Å². The van der Waals surface area contributed by atoms with Gasteiger partial charge in [-0.05, 0) is 23.8 Å². The standard InChI is InChI=1S/C16H13F2N3/c17-13-7-6-11(9-14(13)18)16(21-19)12-5-1-3-10-4-2-8-20-15(10)12/h1-9,16,21H,19H2. The molecule has 5 heteroatoms. The van der Waals surface area contributed by atoms with Crippen LogP contribution in [0.15, 0.2) is 54.7 Å². The molecule has 3 rings (SSSR count). The average Bonchev–Trinajstić information content (AvgIpc) is 2.52. The van der Waals surface area contributed by atoms with Crippen molar-refractivity contribution in [3.63, 3.8) is 0 Å². The van der Waals surface area contributed by atoms with Gasteiger partial charge in [-0.2, -0.15) is 0 Å². The number of benzene rings is 2. The van der Waals surface area contributed by atoms with Gasteiger partial charge in [0, 0.05) is 17.1 Å². The minimum Gasteiger partial charge on any atom is -0.271 e. The SMILES string of the molecule is NNC(c1ccc(F)c(F)c1)c1cccc2cccnc12. The Hall–Kier alpha value is -2.37. The summed E-state index contributed by atoms with van der Waals surface area (Å²) in [5.41, 5.74) is 4.76. The van der Waals surface area contributed by atoms with Gasteiger partial charge in [0.15, 0.2) is 11.6 Å². The summed E-state index contributed by atoms with van der Waals surface area (Å²) < 4.78 is 26.5. The van der Waals surface area contributed by atoms with E-state index in [1.165, 1.54) is 6.07 Å². The van der Waals surface area contributed by atoms with Gasteiger partial charge in [-0.3, -0.25) is 10.8 Å². The number of nitrogens with one attached hydrogen (secondary N) is 1. The summed E-state index contributed by atoms with van der Waals surface area (Å²) in [6.45, 7) is 0. The second kappa shape index (κ2) is 5.55. The third-order valence-electron chi connectivity index (χ3n) is 3.42. The van der Waals surface area contributed by atoms with Crippen LogP contribution in [0.2, 0.25) is 0 Å². The van der Waals surface area contributed by atoms with Crippen molar-refractivity contribution in [3.05, 3.63) is 77.5 Å². The van der Waals surface area contributed by atoms with Crippen molar-refractivity contribution in [3.8, 4) is 0 Å². The lowest BCUT2D eigenvalue weighted by Crippen LogP contribution is -2.29. The summed E-state index contributed by atoms with van der Waals surface area (Å²) in [6.07, 6.45) is 1.69. The molecule has 0 bridgehead atoms. The Morgan fingerprint density at radius 1 is 1.00 bits per heavy atom. The van der Waals surface area contributed by atoms with Crippen molar-refractivity contribution < 1.29 is 8.78 Å². The Morgan fingerprint density at radius 3 is 2.57 bits per heavy atom. The quantitative estimate of drug-likeness (QED) is 0.574. The van der Waals surface area contributed by atoms with Gasteiger partial charge in [-0.15, -0.1) is 0 Å². The minimum atomic E-state index is -0.902. The first-order chi connectivity index (χ1) is 10.2. The molecule has 0 radical (unpaired) electrons. The van der Waals surface area contributed by atoms with E-state index in [-0.39, 0.29) is 0 Å². The van der Waals surface area contributed by atoms with Crippen molar-refractivity contribution in [2.75, 3.05) is 0 Å². The monoisotopic (exact) mass is 285 g/mol. The molecule has 0 saturated heterocycles. The maximum atomic E-state index is 13.4. The predicted molar refractivity (Wildman–Crippen MR) is 77.3 cm³/mol. The van der Waals surface area contributed by atoms with Crippen molar-refractivity contribution in [1.82, 2.24) is 10.4 Å². The third-order valence-corrected chi connectivity index (χ3v) is 3.42. The van der Waals surface area contributed by atoms with E-state index in [1.54, 1.807) is 6.20 Å². The molecule has 0 fully saturated rings.